The molecule has 5 rings (SSSR count). The number of thioether (sulfide) groups is 1. The highest BCUT2D eigenvalue weighted by atomic mass is 35.5. The van der Waals surface area contributed by atoms with E-state index in [4.69, 9.17) is 16.3 Å². The second-order valence-corrected chi connectivity index (χ2v) is 9.05. The van der Waals surface area contributed by atoms with E-state index < -0.39 is 0 Å². The minimum Gasteiger partial charge on any atom is -0.495 e. The molecule has 0 radical (unpaired) electrons. The molecule has 0 aliphatic rings. The lowest BCUT2D eigenvalue weighted by Crippen LogP contribution is -2.22. The molecule has 0 amide bonds. The third kappa shape index (κ3) is 3.85. The molecule has 0 unspecified atom stereocenters. The number of rotatable bonds is 6. The summed E-state index contributed by atoms with van der Waals surface area (Å²) in [6.45, 7) is 1.94. The quantitative estimate of drug-likeness (QED) is 0.247. The summed E-state index contributed by atoms with van der Waals surface area (Å²) in [5.74, 6) is 0.981. The van der Waals surface area contributed by atoms with Crippen LogP contribution < -0.4 is 10.3 Å². The molecule has 0 spiro atoms. The van der Waals surface area contributed by atoms with Crippen molar-refractivity contribution in [2.24, 2.45) is 0 Å². The van der Waals surface area contributed by atoms with Gasteiger partial charge in [-0.25, -0.2) is 4.57 Å². The summed E-state index contributed by atoms with van der Waals surface area (Å²) in [5, 5.41) is 10.3. The lowest BCUT2D eigenvalue weighted by molar-refractivity contribution is 0.102. The van der Waals surface area contributed by atoms with Crippen LogP contribution in [0.4, 0.5) is 0 Å². The van der Waals surface area contributed by atoms with Gasteiger partial charge >= 0.3 is 0 Å². The second kappa shape index (κ2) is 8.96. The van der Waals surface area contributed by atoms with Gasteiger partial charge in [-0.2, -0.15) is 0 Å². The zero-order valence-corrected chi connectivity index (χ0v) is 19.9. The normalized spacial score (nSPS) is 11.3. The second-order valence-electron chi connectivity index (χ2n) is 7.67. The summed E-state index contributed by atoms with van der Waals surface area (Å²) < 4.78 is 8.85. The lowest BCUT2D eigenvalue weighted by Gasteiger charge is -2.14. The van der Waals surface area contributed by atoms with E-state index in [1.807, 2.05) is 43.3 Å². The molecule has 34 heavy (non-hydrogen) atoms. The molecule has 3 aromatic carbocycles. The first kappa shape index (κ1) is 22.2. The molecule has 5 aromatic rings. The van der Waals surface area contributed by atoms with Crippen LogP contribution in [0.15, 0.2) is 76.7 Å². The number of nitrogens with zero attached hydrogens (tertiary/aromatic N) is 4. The summed E-state index contributed by atoms with van der Waals surface area (Å²) in [5.41, 5.74) is 2.54. The van der Waals surface area contributed by atoms with Gasteiger partial charge in [0.2, 0.25) is 5.78 Å². The number of ketones is 1. The number of fused-ring (bicyclic) bond motifs is 3. The first-order valence-corrected chi connectivity index (χ1v) is 11.8. The first-order valence-electron chi connectivity index (χ1n) is 10.4. The SMILES string of the molecule is COc1ccc(C)cc1-n1c(=O)c2ccccc2n2c(SCC(=O)c3ccc(Cl)cc3)nnc12. The Morgan fingerprint density at radius 1 is 1.06 bits per heavy atom. The van der Waals surface area contributed by atoms with Gasteiger partial charge in [0.1, 0.15) is 5.75 Å². The smallest absolute Gasteiger partial charge is 0.267 e. The number of halogens is 1. The Morgan fingerprint density at radius 3 is 2.59 bits per heavy atom. The molecule has 9 heteroatoms. The summed E-state index contributed by atoms with van der Waals surface area (Å²) >= 11 is 7.19. The highest BCUT2D eigenvalue weighted by molar-refractivity contribution is 7.99. The Bertz CT molecular complexity index is 1610. The standard InChI is InChI=1S/C25H19ClN4O3S/c1-15-7-12-22(33-2)20(13-15)29-23(32)18-5-3-4-6-19(18)30-24(29)27-28-25(30)34-14-21(31)16-8-10-17(26)11-9-16/h3-13H,14H2,1-2H3. The number of aromatic nitrogens is 4. The van der Waals surface area contributed by atoms with Crippen molar-refractivity contribution in [3.05, 3.63) is 93.2 Å². The number of aryl methyl sites for hydroxylation is 1. The Morgan fingerprint density at radius 2 is 1.82 bits per heavy atom. The zero-order chi connectivity index (χ0) is 23.8. The van der Waals surface area contributed by atoms with Crippen molar-refractivity contribution in [2.75, 3.05) is 12.9 Å². The fourth-order valence-corrected chi connectivity index (χ4v) is 4.77. The number of ether oxygens (including phenoxy) is 1. The van der Waals surface area contributed by atoms with Crippen LogP contribution in [-0.4, -0.2) is 37.8 Å². The summed E-state index contributed by atoms with van der Waals surface area (Å²) in [4.78, 5) is 26.3. The van der Waals surface area contributed by atoms with Gasteiger partial charge in [-0.3, -0.25) is 14.0 Å². The van der Waals surface area contributed by atoms with Crippen molar-refractivity contribution >= 4 is 45.8 Å². The molecule has 0 N–H and O–H groups in total. The number of methoxy groups -OCH3 is 1. The number of carbonyl (C=O) groups excluding carboxylic acids is 1. The number of carbonyl (C=O) groups is 1. The van der Waals surface area contributed by atoms with Gasteiger partial charge in [-0.15, -0.1) is 10.2 Å². The number of Topliss-reactive ketones (excluding diaryl/α,β-unsaturated/α-hetero) is 1. The monoisotopic (exact) mass is 490 g/mol. The van der Waals surface area contributed by atoms with Crippen molar-refractivity contribution in [1.29, 1.82) is 0 Å². The van der Waals surface area contributed by atoms with Crippen molar-refractivity contribution in [3.8, 4) is 11.4 Å². The molecule has 0 atom stereocenters. The van der Waals surface area contributed by atoms with E-state index in [1.165, 1.54) is 16.3 Å². The van der Waals surface area contributed by atoms with E-state index in [2.05, 4.69) is 10.2 Å². The summed E-state index contributed by atoms with van der Waals surface area (Å²) in [6.07, 6.45) is 0. The van der Waals surface area contributed by atoms with Gasteiger partial charge in [-0.1, -0.05) is 41.6 Å². The van der Waals surface area contributed by atoms with Gasteiger partial charge in [-0.05, 0) is 61.0 Å². The minimum absolute atomic E-state index is 0.0589. The zero-order valence-electron chi connectivity index (χ0n) is 18.4. The topological polar surface area (TPSA) is 78.5 Å². The Balaban J connectivity index is 1.67. The molecular weight excluding hydrogens is 472 g/mol. The van der Waals surface area contributed by atoms with Crippen LogP contribution in [0.1, 0.15) is 15.9 Å². The molecule has 0 aliphatic carbocycles. The van der Waals surface area contributed by atoms with Crippen molar-refractivity contribution in [3.63, 3.8) is 0 Å². The number of para-hydroxylation sites is 1. The maximum Gasteiger partial charge on any atom is 0.267 e. The predicted molar refractivity (Wildman–Crippen MR) is 134 cm³/mol. The molecule has 0 aliphatic heterocycles. The average Bonchev–Trinajstić information content (AvgIpc) is 3.27. The third-order valence-corrected chi connectivity index (χ3v) is 6.65. The first-order chi connectivity index (χ1) is 16.5. The van der Waals surface area contributed by atoms with Crippen LogP contribution in [0.5, 0.6) is 5.75 Å². The number of hydrogen-bond donors (Lipinski definition) is 0. The minimum atomic E-state index is -0.229. The van der Waals surface area contributed by atoms with E-state index in [0.717, 1.165) is 5.56 Å². The average molecular weight is 491 g/mol. The molecule has 0 fully saturated rings. The van der Waals surface area contributed by atoms with Gasteiger partial charge in [0.25, 0.3) is 5.56 Å². The van der Waals surface area contributed by atoms with Crippen LogP contribution >= 0.6 is 23.4 Å². The summed E-state index contributed by atoms with van der Waals surface area (Å²) in [6, 6.07) is 19.7. The molecule has 2 aromatic heterocycles. The van der Waals surface area contributed by atoms with E-state index in [-0.39, 0.29) is 17.1 Å². The Kier molecular flexibility index (Phi) is 5.85. The molecule has 0 saturated heterocycles. The van der Waals surface area contributed by atoms with Gasteiger partial charge in [0, 0.05) is 10.6 Å². The van der Waals surface area contributed by atoms with Crippen LogP contribution in [0.2, 0.25) is 5.02 Å². The molecule has 170 valence electrons. The van der Waals surface area contributed by atoms with E-state index in [9.17, 15) is 9.59 Å². The largest absolute Gasteiger partial charge is 0.495 e. The van der Waals surface area contributed by atoms with Crippen LogP contribution in [-0.2, 0) is 0 Å². The highest BCUT2D eigenvalue weighted by Gasteiger charge is 2.20. The lowest BCUT2D eigenvalue weighted by atomic mass is 10.1. The van der Waals surface area contributed by atoms with E-state index in [0.29, 0.717) is 43.9 Å². The van der Waals surface area contributed by atoms with Crippen LogP contribution in [0, 0.1) is 6.92 Å². The Labute approximate surface area is 204 Å². The number of benzene rings is 3. The van der Waals surface area contributed by atoms with Gasteiger partial charge in [0.05, 0.1) is 29.5 Å². The highest BCUT2D eigenvalue weighted by Crippen LogP contribution is 2.28. The predicted octanol–water partition coefficient (Wildman–Crippen LogP) is 4.98. The molecule has 0 bridgehead atoms. The van der Waals surface area contributed by atoms with Crippen LogP contribution in [0.3, 0.4) is 0 Å². The van der Waals surface area contributed by atoms with Gasteiger partial charge < -0.3 is 4.74 Å². The maximum absolute atomic E-state index is 13.6. The van der Waals surface area contributed by atoms with Crippen molar-refractivity contribution in [2.45, 2.75) is 12.1 Å². The molecular formula is C25H19ClN4O3S. The van der Waals surface area contributed by atoms with Crippen molar-refractivity contribution < 1.29 is 9.53 Å². The Hall–Kier alpha value is -3.62. The van der Waals surface area contributed by atoms with Crippen LogP contribution in [0.25, 0.3) is 22.4 Å². The fourth-order valence-electron chi connectivity index (χ4n) is 3.81. The number of hydrogen-bond acceptors (Lipinski definition) is 6. The third-order valence-electron chi connectivity index (χ3n) is 5.47. The molecule has 2 heterocycles. The summed E-state index contributed by atoms with van der Waals surface area (Å²) in [7, 11) is 1.56. The maximum atomic E-state index is 13.6. The van der Waals surface area contributed by atoms with E-state index in [1.54, 1.807) is 41.8 Å². The molecule has 7 nitrogen and oxygen atoms in total. The molecule has 0 saturated carbocycles. The van der Waals surface area contributed by atoms with E-state index >= 15 is 0 Å². The van der Waals surface area contributed by atoms with Crippen molar-refractivity contribution in [1.82, 2.24) is 19.2 Å². The fraction of sp³-hybridized carbons (Fsp3) is 0.120. The van der Waals surface area contributed by atoms with Gasteiger partial charge in [0.15, 0.2) is 10.9 Å².